The van der Waals surface area contributed by atoms with Crippen molar-refractivity contribution in [3.8, 4) is 5.75 Å². The van der Waals surface area contributed by atoms with Gasteiger partial charge < -0.3 is 25.1 Å². The summed E-state index contributed by atoms with van der Waals surface area (Å²) in [6.45, 7) is 2.39. The second kappa shape index (κ2) is 10.3. The molecule has 0 atom stereocenters. The van der Waals surface area contributed by atoms with Crippen LogP contribution < -0.4 is 15.8 Å². The second-order valence-corrected chi connectivity index (χ2v) is 7.20. The minimum atomic E-state index is -0.838. The van der Waals surface area contributed by atoms with Gasteiger partial charge in [0.1, 0.15) is 11.3 Å². The van der Waals surface area contributed by atoms with Crippen LogP contribution in [-0.4, -0.2) is 28.9 Å². The van der Waals surface area contributed by atoms with Gasteiger partial charge in [-0.25, -0.2) is 18.6 Å². The molecule has 0 saturated carbocycles. The number of rotatable bonds is 9. The topological polar surface area (TPSA) is 91.4 Å². The predicted octanol–water partition coefficient (Wildman–Crippen LogP) is 4.66. The van der Waals surface area contributed by atoms with Gasteiger partial charge in [-0.1, -0.05) is 11.6 Å². The van der Waals surface area contributed by atoms with E-state index < -0.39 is 17.7 Å². The number of nitrogens with two attached hydrogens (primary N) is 1. The summed E-state index contributed by atoms with van der Waals surface area (Å²) in [6.07, 6.45) is 2.23. The van der Waals surface area contributed by atoms with E-state index in [0.717, 1.165) is 11.6 Å². The highest BCUT2D eigenvalue weighted by atomic mass is 35.5. The van der Waals surface area contributed by atoms with Crippen LogP contribution in [0.4, 0.5) is 19.3 Å². The number of amides is 1. The summed E-state index contributed by atoms with van der Waals surface area (Å²) >= 11 is 6.05. The number of carbonyl (C=O) groups excluding carboxylic acids is 1. The highest BCUT2D eigenvalue weighted by molar-refractivity contribution is 6.31. The van der Waals surface area contributed by atoms with Crippen LogP contribution >= 0.6 is 11.6 Å². The smallest absolute Gasteiger partial charge is 0.407 e. The Morgan fingerprint density at radius 3 is 2.87 bits per heavy atom. The normalized spacial score (nSPS) is 11.0. The number of aryl methyl sites for hydroxylation is 1. The van der Waals surface area contributed by atoms with Gasteiger partial charge in [0, 0.05) is 17.1 Å². The van der Waals surface area contributed by atoms with Gasteiger partial charge in [-0.2, -0.15) is 0 Å². The average molecular weight is 453 g/mol. The van der Waals surface area contributed by atoms with Crippen molar-refractivity contribution in [1.82, 2.24) is 14.9 Å². The van der Waals surface area contributed by atoms with E-state index in [2.05, 4.69) is 10.3 Å². The Kier molecular flexibility index (Phi) is 7.51. The summed E-state index contributed by atoms with van der Waals surface area (Å²) < 4.78 is 40.2. The minimum Gasteiger partial charge on any atom is -0.491 e. The molecule has 31 heavy (non-hydrogen) atoms. The number of halogens is 3. The molecule has 0 spiro atoms. The van der Waals surface area contributed by atoms with E-state index in [4.69, 9.17) is 26.8 Å². The number of benzene rings is 2. The van der Waals surface area contributed by atoms with Crippen LogP contribution in [0.3, 0.4) is 0 Å². The fourth-order valence-corrected chi connectivity index (χ4v) is 3.32. The van der Waals surface area contributed by atoms with Gasteiger partial charge in [-0.3, -0.25) is 0 Å². The van der Waals surface area contributed by atoms with Crippen LogP contribution in [-0.2, 0) is 17.8 Å². The van der Waals surface area contributed by atoms with Crippen molar-refractivity contribution in [3.63, 3.8) is 0 Å². The summed E-state index contributed by atoms with van der Waals surface area (Å²) in [5.41, 5.74) is 7.67. The maximum absolute atomic E-state index is 14.2. The molecule has 7 nitrogen and oxygen atoms in total. The number of fused-ring (bicyclic) bond motifs is 1. The molecule has 1 aromatic heterocycles. The summed E-state index contributed by atoms with van der Waals surface area (Å²) in [6, 6.07) is 5.75. The molecule has 0 bridgehead atoms. The number of alkyl carbamates (subject to hydrolysis) is 1. The number of anilines is 1. The van der Waals surface area contributed by atoms with Crippen LogP contribution in [0.5, 0.6) is 5.75 Å². The fraction of sp³-hybridized carbons (Fsp3) is 0.333. The third kappa shape index (κ3) is 5.55. The van der Waals surface area contributed by atoms with Gasteiger partial charge in [0.05, 0.1) is 37.3 Å². The largest absolute Gasteiger partial charge is 0.491 e. The van der Waals surface area contributed by atoms with Crippen molar-refractivity contribution in [2.75, 3.05) is 18.9 Å². The zero-order chi connectivity index (χ0) is 22.4. The molecular formula is C21H23ClF2N4O3. The number of imidazole rings is 1. The lowest BCUT2D eigenvalue weighted by Gasteiger charge is -2.11. The monoisotopic (exact) mass is 452 g/mol. The summed E-state index contributed by atoms with van der Waals surface area (Å²) in [7, 11) is 0. The van der Waals surface area contributed by atoms with E-state index in [0.29, 0.717) is 35.6 Å². The lowest BCUT2D eigenvalue weighted by atomic mass is 10.2. The number of hydrogen-bond acceptors (Lipinski definition) is 5. The Hall–Kier alpha value is -3.07. The fourth-order valence-electron chi connectivity index (χ4n) is 3.10. The minimum absolute atomic E-state index is 0.0656. The molecule has 1 heterocycles. The molecule has 3 aromatic rings. The van der Waals surface area contributed by atoms with Crippen molar-refractivity contribution in [2.24, 2.45) is 0 Å². The van der Waals surface area contributed by atoms with Gasteiger partial charge in [-0.15, -0.1) is 0 Å². The molecule has 0 fully saturated rings. The Balaban J connectivity index is 1.43. The number of nitrogens with one attached hydrogen (secondary N) is 1. The van der Waals surface area contributed by atoms with Crippen molar-refractivity contribution in [2.45, 2.75) is 32.9 Å². The highest BCUT2D eigenvalue weighted by Crippen LogP contribution is 2.25. The quantitative estimate of drug-likeness (QED) is 0.364. The van der Waals surface area contributed by atoms with Crippen LogP contribution in [0, 0.1) is 11.6 Å². The summed E-state index contributed by atoms with van der Waals surface area (Å²) in [5.74, 6) is -1.67. The van der Waals surface area contributed by atoms with Gasteiger partial charge in [0.25, 0.3) is 0 Å². The van der Waals surface area contributed by atoms with E-state index in [1.807, 2.05) is 4.57 Å². The lowest BCUT2D eigenvalue weighted by molar-refractivity contribution is 0.143. The SMILES string of the molecule is CCOc1ccc(F)c(CNC(=O)OCCCCn2cnc3c(N)cc(Cl)cc32)c1F. The number of hydrogen-bond donors (Lipinski definition) is 2. The van der Waals surface area contributed by atoms with Crippen molar-refractivity contribution in [1.29, 1.82) is 0 Å². The Bertz CT molecular complexity index is 1070. The maximum atomic E-state index is 14.2. The Morgan fingerprint density at radius 2 is 2.10 bits per heavy atom. The van der Waals surface area contributed by atoms with Gasteiger partial charge >= 0.3 is 6.09 Å². The zero-order valence-corrected chi connectivity index (χ0v) is 17.7. The maximum Gasteiger partial charge on any atom is 0.407 e. The predicted molar refractivity (Wildman–Crippen MR) is 114 cm³/mol. The van der Waals surface area contributed by atoms with Gasteiger partial charge in [-0.05, 0) is 44.0 Å². The molecule has 3 rings (SSSR count). The van der Waals surface area contributed by atoms with Crippen molar-refractivity contribution >= 4 is 34.4 Å². The third-order valence-corrected chi connectivity index (χ3v) is 4.82. The lowest BCUT2D eigenvalue weighted by Crippen LogP contribution is -2.25. The average Bonchev–Trinajstić information content (AvgIpc) is 3.13. The molecule has 0 aliphatic heterocycles. The molecule has 3 N–H and O–H groups in total. The second-order valence-electron chi connectivity index (χ2n) is 6.77. The Labute approximate surface area is 183 Å². The third-order valence-electron chi connectivity index (χ3n) is 4.61. The molecule has 166 valence electrons. The van der Waals surface area contributed by atoms with Crippen LogP contribution in [0.2, 0.25) is 5.02 Å². The molecule has 0 aliphatic rings. The molecule has 0 radical (unpaired) electrons. The van der Waals surface area contributed by atoms with Crippen LogP contribution in [0.25, 0.3) is 11.0 Å². The number of unbranched alkanes of at least 4 members (excludes halogenated alkanes) is 1. The summed E-state index contributed by atoms with van der Waals surface area (Å²) in [5, 5.41) is 2.88. The first kappa shape index (κ1) is 22.6. The molecule has 1 amide bonds. The standard InChI is InChI=1S/C21H23ClF2N4O3/c1-2-30-18-6-5-15(23)14(19(18)24)11-26-21(29)31-8-4-3-7-28-12-27-20-16(25)9-13(22)10-17(20)28/h5-6,9-10,12H,2-4,7-8,11,25H2,1H3,(H,26,29). The Morgan fingerprint density at radius 1 is 1.29 bits per heavy atom. The zero-order valence-electron chi connectivity index (χ0n) is 17.0. The first-order chi connectivity index (χ1) is 14.9. The number of ether oxygens (including phenoxy) is 2. The number of carbonyl (C=O) groups is 1. The van der Waals surface area contributed by atoms with Crippen molar-refractivity contribution < 1.29 is 23.0 Å². The van der Waals surface area contributed by atoms with E-state index >= 15 is 0 Å². The molecule has 10 heteroatoms. The first-order valence-corrected chi connectivity index (χ1v) is 10.2. The van der Waals surface area contributed by atoms with E-state index in [1.165, 1.54) is 6.07 Å². The molecule has 0 aliphatic carbocycles. The molecular weight excluding hydrogens is 430 g/mol. The van der Waals surface area contributed by atoms with Gasteiger partial charge in [0.2, 0.25) is 0 Å². The first-order valence-electron chi connectivity index (χ1n) is 9.80. The van der Waals surface area contributed by atoms with E-state index in [1.54, 1.807) is 25.4 Å². The van der Waals surface area contributed by atoms with E-state index in [-0.39, 0.29) is 31.1 Å². The number of nitrogen functional groups attached to an aromatic ring is 1. The molecule has 0 saturated heterocycles. The number of aromatic nitrogens is 2. The van der Waals surface area contributed by atoms with Crippen LogP contribution in [0.1, 0.15) is 25.3 Å². The van der Waals surface area contributed by atoms with E-state index in [9.17, 15) is 13.6 Å². The number of nitrogens with zero attached hydrogens (tertiary/aromatic N) is 2. The van der Waals surface area contributed by atoms with Crippen molar-refractivity contribution in [3.05, 3.63) is 52.8 Å². The molecule has 0 unspecified atom stereocenters. The van der Waals surface area contributed by atoms with Gasteiger partial charge in [0.15, 0.2) is 11.6 Å². The summed E-state index contributed by atoms with van der Waals surface area (Å²) in [4.78, 5) is 16.1. The highest BCUT2D eigenvalue weighted by Gasteiger charge is 2.16. The van der Waals surface area contributed by atoms with Crippen LogP contribution in [0.15, 0.2) is 30.6 Å². The molecule has 2 aromatic carbocycles.